The molecule has 386 valence electrons. The van der Waals surface area contributed by atoms with Crippen LogP contribution in [0.25, 0.3) is 48.8 Å². The van der Waals surface area contributed by atoms with Crippen LogP contribution < -0.4 is 37.1 Å². The standard InChI is InChI=1S/C26H28N6O.C18H20N4O.C11H14N4O.2CH4/c1-27-18-7-10-22-20(15-18)21(16-28-22)17-5-8-19(9-6-17)31-11-13-32(14-12-31)24-4-2-3-23-25(24)30-26(33)29-23;23-18-19-15-7-4-8-16(17(15)20-18)22-11-9-21(10-12-22)13-14-5-2-1-3-6-14;16-11-13-8-2-1-3-9(10(8)14-11)15-6-4-12-5-7-15;;/h2-4,7,10,15-17,19,28H,5-6,8-9,11-14H2,(H2,29,30,33);1-8H,9-13H2,(H2,19,20,23);1-3,12H,4-7H2,(H2,13,14,16);2*1H4. The number of rotatable bonds is 7. The van der Waals surface area contributed by atoms with Gasteiger partial charge >= 0.3 is 17.1 Å². The van der Waals surface area contributed by atoms with Gasteiger partial charge in [-0.1, -0.05) is 69.5 Å². The minimum Gasteiger partial charge on any atom is -0.367 e. The lowest BCUT2D eigenvalue weighted by Gasteiger charge is -2.42. The number of para-hydroxylation sites is 3. The van der Waals surface area contributed by atoms with Crippen molar-refractivity contribution >= 4 is 66.8 Å². The smallest absolute Gasteiger partial charge is 0.323 e. The molecule has 1 aliphatic carbocycles. The molecule has 4 aromatic heterocycles. The van der Waals surface area contributed by atoms with Gasteiger partial charge in [0.05, 0.1) is 56.7 Å². The Morgan fingerprint density at radius 2 is 1.01 bits per heavy atom. The molecule has 0 radical (unpaired) electrons. The van der Waals surface area contributed by atoms with Gasteiger partial charge in [0.2, 0.25) is 0 Å². The van der Waals surface area contributed by atoms with Crippen molar-refractivity contribution in [2.75, 3.05) is 93.2 Å². The van der Waals surface area contributed by atoms with Crippen LogP contribution >= 0.6 is 0 Å². The van der Waals surface area contributed by atoms with Crippen molar-refractivity contribution in [2.24, 2.45) is 0 Å². The number of anilines is 3. The van der Waals surface area contributed by atoms with E-state index < -0.39 is 0 Å². The van der Waals surface area contributed by atoms with E-state index in [-0.39, 0.29) is 31.9 Å². The first kappa shape index (κ1) is 51.1. The van der Waals surface area contributed by atoms with E-state index in [0.717, 1.165) is 141 Å². The fourth-order valence-electron chi connectivity index (χ4n) is 11.4. The maximum absolute atomic E-state index is 11.7. The SMILES string of the molecule is C.C.O=c1[nH]c2cccc(N3CCN(Cc4ccccc4)CC3)c2[nH]1.O=c1[nH]c2cccc(N3CCNCC3)c2[nH]1.[C-]#[N+]c1ccc2[nH]cc(C3CCC(N4CCN(c5cccc6[nH]c(=O)[nH]c56)CC4)CC3)c2c1. The fraction of sp³-hybridized carbons (Fsp3) is 0.368. The topological polar surface area (TPSA) is 194 Å². The molecular formula is C57H70N14O3. The highest BCUT2D eigenvalue weighted by molar-refractivity contribution is 5.90. The predicted molar refractivity (Wildman–Crippen MR) is 303 cm³/mol. The summed E-state index contributed by atoms with van der Waals surface area (Å²) in [6.07, 6.45) is 7.00. The monoisotopic (exact) mass is 999 g/mol. The Kier molecular flexibility index (Phi) is 15.9. The van der Waals surface area contributed by atoms with Crippen molar-refractivity contribution in [3.05, 3.63) is 163 Å². The number of aromatic nitrogens is 7. The van der Waals surface area contributed by atoms with Gasteiger partial charge in [-0.05, 0) is 96.6 Å². The molecule has 1 saturated carbocycles. The molecule has 0 bridgehead atoms. The van der Waals surface area contributed by atoms with Crippen molar-refractivity contribution in [1.82, 2.24) is 50.0 Å². The Morgan fingerprint density at radius 3 is 1.53 bits per heavy atom. The summed E-state index contributed by atoms with van der Waals surface area (Å²) < 4.78 is 0. The molecule has 4 fully saturated rings. The van der Waals surface area contributed by atoms with Gasteiger partial charge in [-0.2, -0.15) is 0 Å². The maximum Gasteiger partial charge on any atom is 0.323 e. The number of benzene rings is 5. The first-order chi connectivity index (χ1) is 35.3. The zero-order valence-corrected chi connectivity index (χ0v) is 40.5. The molecule has 0 amide bonds. The number of nitrogens with zero attached hydrogens (tertiary/aromatic N) is 6. The second-order valence-corrected chi connectivity index (χ2v) is 19.4. The van der Waals surface area contributed by atoms with Crippen LogP contribution in [-0.4, -0.2) is 129 Å². The Labute approximate surface area is 430 Å². The van der Waals surface area contributed by atoms with E-state index in [0.29, 0.717) is 17.6 Å². The van der Waals surface area contributed by atoms with Crippen LogP contribution in [0.5, 0.6) is 0 Å². The molecule has 17 heteroatoms. The highest BCUT2D eigenvalue weighted by Crippen LogP contribution is 2.39. The van der Waals surface area contributed by atoms with Gasteiger partial charge in [-0.3, -0.25) is 9.80 Å². The van der Waals surface area contributed by atoms with Gasteiger partial charge in [0, 0.05) is 103 Å². The van der Waals surface area contributed by atoms with E-state index in [1.165, 1.54) is 42.2 Å². The quantitative estimate of drug-likeness (QED) is 0.0724. The highest BCUT2D eigenvalue weighted by atomic mass is 16.1. The summed E-state index contributed by atoms with van der Waals surface area (Å²) in [6.45, 7) is 20.3. The average Bonchev–Trinajstić information content (AvgIpc) is 4.23. The molecule has 8 N–H and O–H groups in total. The second kappa shape index (κ2) is 23.0. The number of piperazine rings is 3. The molecule has 74 heavy (non-hydrogen) atoms. The van der Waals surface area contributed by atoms with Crippen molar-refractivity contribution in [1.29, 1.82) is 0 Å². The van der Waals surface area contributed by atoms with Gasteiger partial charge in [0.15, 0.2) is 5.69 Å². The Hall–Kier alpha value is -7.78. The van der Waals surface area contributed by atoms with E-state index in [1.54, 1.807) is 0 Å². The number of H-pyrrole nitrogens is 7. The number of fused-ring (bicyclic) bond motifs is 4. The summed E-state index contributed by atoms with van der Waals surface area (Å²) in [4.78, 5) is 71.0. The largest absolute Gasteiger partial charge is 0.367 e. The third-order valence-corrected chi connectivity index (χ3v) is 15.1. The molecule has 3 saturated heterocycles. The van der Waals surface area contributed by atoms with Crippen molar-refractivity contribution in [3.8, 4) is 0 Å². The average molecular weight is 999 g/mol. The Morgan fingerprint density at radius 1 is 0.514 bits per heavy atom. The van der Waals surface area contributed by atoms with Crippen molar-refractivity contribution in [2.45, 2.75) is 59.0 Å². The molecule has 17 nitrogen and oxygen atoms in total. The minimum atomic E-state index is -0.145. The first-order valence-corrected chi connectivity index (χ1v) is 25.4. The third kappa shape index (κ3) is 11.1. The van der Waals surface area contributed by atoms with Crippen LogP contribution in [0.15, 0.2) is 124 Å². The van der Waals surface area contributed by atoms with Crippen LogP contribution in [0.3, 0.4) is 0 Å². The fourth-order valence-corrected chi connectivity index (χ4v) is 11.4. The van der Waals surface area contributed by atoms with Gasteiger partial charge < -0.3 is 54.9 Å². The molecule has 0 spiro atoms. The maximum atomic E-state index is 11.7. The normalized spacial score (nSPS) is 18.5. The summed E-state index contributed by atoms with van der Waals surface area (Å²) in [5.41, 5.74) is 12.9. The summed E-state index contributed by atoms with van der Waals surface area (Å²) in [5.74, 6) is 0.570. The highest BCUT2D eigenvalue weighted by Gasteiger charge is 2.30. The van der Waals surface area contributed by atoms with Crippen molar-refractivity contribution < 1.29 is 0 Å². The molecule has 5 aromatic carbocycles. The lowest BCUT2D eigenvalue weighted by molar-refractivity contribution is 0.141. The molecule has 13 rings (SSSR count). The van der Waals surface area contributed by atoms with Gasteiger partial charge in [-0.15, -0.1) is 0 Å². The first-order valence-electron chi connectivity index (χ1n) is 25.4. The summed E-state index contributed by atoms with van der Waals surface area (Å²) in [5, 5.41) is 4.54. The molecule has 3 aliphatic heterocycles. The molecule has 0 unspecified atom stereocenters. The van der Waals surface area contributed by atoms with Gasteiger partial charge in [0.25, 0.3) is 0 Å². The van der Waals surface area contributed by atoms with Crippen LogP contribution in [0.4, 0.5) is 22.7 Å². The summed E-state index contributed by atoms with van der Waals surface area (Å²) >= 11 is 0. The minimum absolute atomic E-state index is 0. The van der Waals surface area contributed by atoms with Crippen LogP contribution in [0.1, 0.15) is 57.6 Å². The molecular weight excluding hydrogens is 929 g/mol. The zero-order chi connectivity index (χ0) is 49.0. The predicted octanol–water partition coefficient (Wildman–Crippen LogP) is 8.45. The van der Waals surface area contributed by atoms with E-state index in [4.69, 9.17) is 6.57 Å². The number of nitrogens with one attached hydrogen (secondary N) is 8. The number of hydrogen-bond acceptors (Lipinski definition) is 9. The summed E-state index contributed by atoms with van der Waals surface area (Å²) in [7, 11) is 0. The Balaban J connectivity index is 0.000000143. The van der Waals surface area contributed by atoms with E-state index in [2.05, 4.69) is 124 Å². The van der Waals surface area contributed by atoms with Gasteiger partial charge in [0.1, 0.15) is 0 Å². The Bertz CT molecular complexity index is 3490. The molecule has 9 aromatic rings. The number of hydrogen-bond donors (Lipinski definition) is 8. The lowest BCUT2D eigenvalue weighted by atomic mass is 9.81. The summed E-state index contributed by atoms with van der Waals surface area (Å²) in [6, 6.07) is 35.2. The molecule has 7 heterocycles. The van der Waals surface area contributed by atoms with E-state index in [9.17, 15) is 14.4 Å². The lowest BCUT2D eigenvalue weighted by Crippen LogP contribution is -2.51. The molecule has 4 aliphatic rings. The van der Waals surface area contributed by atoms with E-state index >= 15 is 0 Å². The number of aromatic amines is 7. The second-order valence-electron chi connectivity index (χ2n) is 19.4. The van der Waals surface area contributed by atoms with Crippen LogP contribution in [0.2, 0.25) is 0 Å². The van der Waals surface area contributed by atoms with Crippen LogP contribution in [0, 0.1) is 6.57 Å². The molecule has 0 atom stereocenters. The number of imidazole rings is 3. The third-order valence-electron chi connectivity index (χ3n) is 15.1. The van der Waals surface area contributed by atoms with Crippen LogP contribution in [-0.2, 0) is 6.54 Å². The van der Waals surface area contributed by atoms with Gasteiger partial charge in [-0.25, -0.2) is 19.2 Å². The zero-order valence-electron chi connectivity index (χ0n) is 40.5. The van der Waals surface area contributed by atoms with Crippen molar-refractivity contribution in [3.63, 3.8) is 0 Å². The van der Waals surface area contributed by atoms with E-state index in [1.807, 2.05) is 54.6 Å².